The molecule has 0 saturated carbocycles. The minimum Gasteiger partial charge on any atom is -0.421 e. The number of nitrogens with one attached hydrogen (secondary N) is 1. The second-order valence-electron chi connectivity index (χ2n) is 5.83. The minimum atomic E-state index is 0.00432. The average Bonchev–Trinajstić information content (AvgIpc) is 3.33. The van der Waals surface area contributed by atoms with Crippen LogP contribution in [-0.4, -0.2) is 22.6 Å². The summed E-state index contributed by atoms with van der Waals surface area (Å²) in [6, 6.07) is 12.2. The zero-order valence-electron chi connectivity index (χ0n) is 14.1. The van der Waals surface area contributed by atoms with E-state index in [0.29, 0.717) is 37.1 Å². The summed E-state index contributed by atoms with van der Waals surface area (Å²) in [7, 11) is 0. The van der Waals surface area contributed by atoms with Crippen LogP contribution in [0.2, 0.25) is 0 Å². The number of hydrogen-bond acceptors (Lipinski definition) is 5. The summed E-state index contributed by atoms with van der Waals surface area (Å²) in [4.78, 5) is 12.1. The molecule has 0 aliphatic rings. The molecule has 1 unspecified atom stereocenters. The summed E-state index contributed by atoms with van der Waals surface area (Å²) in [6.45, 7) is 2.78. The third-order valence-electron chi connectivity index (χ3n) is 4.11. The zero-order chi connectivity index (χ0) is 17.5. The van der Waals surface area contributed by atoms with Gasteiger partial charge in [0.25, 0.3) is 0 Å². The molecule has 0 aliphatic carbocycles. The van der Waals surface area contributed by atoms with Crippen LogP contribution in [0, 0.1) is 0 Å². The van der Waals surface area contributed by atoms with E-state index in [1.165, 1.54) is 5.56 Å². The number of benzene rings is 1. The quantitative estimate of drug-likeness (QED) is 0.662. The van der Waals surface area contributed by atoms with Crippen molar-refractivity contribution in [3.8, 4) is 11.5 Å². The van der Waals surface area contributed by atoms with Gasteiger partial charge in [-0.3, -0.25) is 4.79 Å². The van der Waals surface area contributed by atoms with Crippen LogP contribution < -0.4 is 5.32 Å². The van der Waals surface area contributed by atoms with Crippen LogP contribution >= 0.6 is 11.3 Å². The van der Waals surface area contributed by atoms with Crippen molar-refractivity contribution in [2.75, 3.05) is 6.54 Å². The lowest BCUT2D eigenvalue weighted by Gasteiger charge is -2.16. The van der Waals surface area contributed by atoms with E-state index >= 15 is 0 Å². The van der Waals surface area contributed by atoms with Crippen molar-refractivity contribution >= 4 is 17.2 Å². The lowest BCUT2D eigenvalue weighted by molar-refractivity contribution is -0.121. The zero-order valence-corrected chi connectivity index (χ0v) is 15.0. The first-order valence-electron chi connectivity index (χ1n) is 8.43. The number of carbonyl (C=O) groups excluding carboxylic acids is 1. The molecule has 2 aromatic heterocycles. The molecule has 6 heteroatoms. The number of nitrogens with zero attached hydrogens (tertiary/aromatic N) is 2. The first kappa shape index (κ1) is 17.4. The first-order chi connectivity index (χ1) is 12.3. The highest BCUT2D eigenvalue weighted by Crippen LogP contribution is 2.21. The topological polar surface area (TPSA) is 68.0 Å². The van der Waals surface area contributed by atoms with Crippen molar-refractivity contribution < 1.29 is 9.21 Å². The van der Waals surface area contributed by atoms with Crippen LogP contribution in [0.15, 0.2) is 51.6 Å². The Bertz CT molecular complexity index is 784. The summed E-state index contributed by atoms with van der Waals surface area (Å²) in [5.74, 6) is 1.33. The lowest BCUT2D eigenvalue weighted by Crippen LogP contribution is -2.28. The number of amides is 1. The van der Waals surface area contributed by atoms with E-state index < -0.39 is 0 Å². The van der Waals surface area contributed by atoms with Gasteiger partial charge in [0.1, 0.15) is 0 Å². The highest BCUT2D eigenvalue weighted by atomic mass is 32.1. The van der Waals surface area contributed by atoms with Gasteiger partial charge in [-0.05, 0) is 23.4 Å². The molecule has 0 aliphatic heterocycles. The predicted molar refractivity (Wildman–Crippen MR) is 98.4 cm³/mol. The third-order valence-corrected chi connectivity index (χ3v) is 4.79. The smallest absolute Gasteiger partial charge is 0.248 e. The van der Waals surface area contributed by atoms with Gasteiger partial charge in [0.05, 0.1) is 0 Å². The van der Waals surface area contributed by atoms with Crippen molar-refractivity contribution in [1.82, 2.24) is 15.5 Å². The van der Waals surface area contributed by atoms with Crippen molar-refractivity contribution in [2.45, 2.75) is 32.1 Å². The van der Waals surface area contributed by atoms with Crippen molar-refractivity contribution in [3.05, 3.63) is 58.6 Å². The highest BCUT2D eigenvalue weighted by molar-refractivity contribution is 7.08. The molecule has 1 aromatic carbocycles. The van der Waals surface area contributed by atoms with Gasteiger partial charge in [0, 0.05) is 36.2 Å². The van der Waals surface area contributed by atoms with Crippen molar-refractivity contribution in [2.24, 2.45) is 0 Å². The molecule has 25 heavy (non-hydrogen) atoms. The van der Waals surface area contributed by atoms with E-state index in [9.17, 15) is 4.79 Å². The number of hydrogen-bond donors (Lipinski definition) is 1. The maximum Gasteiger partial charge on any atom is 0.248 e. The average molecular weight is 355 g/mol. The Balaban J connectivity index is 1.46. The van der Waals surface area contributed by atoms with Crippen molar-refractivity contribution in [1.29, 1.82) is 0 Å². The van der Waals surface area contributed by atoms with Gasteiger partial charge in [0.15, 0.2) is 0 Å². The van der Waals surface area contributed by atoms with Crippen LogP contribution in [0.1, 0.15) is 37.1 Å². The summed E-state index contributed by atoms with van der Waals surface area (Å²) >= 11 is 1.58. The molecule has 0 saturated heterocycles. The van der Waals surface area contributed by atoms with Crippen LogP contribution in [0.3, 0.4) is 0 Å². The molecule has 3 aromatic rings. The van der Waals surface area contributed by atoms with E-state index in [0.717, 1.165) is 12.0 Å². The van der Waals surface area contributed by atoms with Crippen molar-refractivity contribution in [3.63, 3.8) is 0 Å². The standard InChI is InChI=1S/C19H21N3O2S/c1-2-14(15-6-4-3-5-7-15)12-20-17(23)8-9-18-21-22-19(24-18)16-10-11-25-13-16/h3-7,10-11,13-14H,2,8-9,12H2,1H3,(H,20,23). The molecular formula is C19H21N3O2S. The molecule has 0 spiro atoms. The Hall–Kier alpha value is -2.47. The summed E-state index contributed by atoms with van der Waals surface area (Å²) in [5, 5.41) is 15.0. The molecule has 1 N–H and O–H groups in total. The van der Waals surface area contributed by atoms with Crippen LogP contribution in [0.25, 0.3) is 11.5 Å². The molecule has 5 nitrogen and oxygen atoms in total. The fraction of sp³-hybridized carbons (Fsp3) is 0.316. The predicted octanol–water partition coefficient (Wildman–Crippen LogP) is 4.04. The Kier molecular flexibility index (Phi) is 5.95. The van der Waals surface area contributed by atoms with Crippen LogP contribution in [0.4, 0.5) is 0 Å². The second-order valence-corrected chi connectivity index (χ2v) is 6.61. The van der Waals surface area contributed by atoms with Gasteiger partial charge in [-0.15, -0.1) is 10.2 Å². The Morgan fingerprint density at radius 2 is 2.08 bits per heavy atom. The summed E-state index contributed by atoms with van der Waals surface area (Å²) < 4.78 is 5.60. The van der Waals surface area contributed by atoms with Gasteiger partial charge >= 0.3 is 0 Å². The van der Waals surface area contributed by atoms with E-state index in [1.54, 1.807) is 11.3 Å². The number of aromatic nitrogens is 2. The van der Waals surface area contributed by atoms with Gasteiger partial charge in [-0.2, -0.15) is 11.3 Å². The highest BCUT2D eigenvalue weighted by Gasteiger charge is 2.13. The van der Waals surface area contributed by atoms with Crippen LogP contribution in [-0.2, 0) is 11.2 Å². The summed E-state index contributed by atoms with van der Waals surface area (Å²) in [6.07, 6.45) is 1.78. The molecule has 0 bridgehead atoms. The Morgan fingerprint density at radius 1 is 1.24 bits per heavy atom. The second kappa shape index (κ2) is 8.58. The molecule has 3 rings (SSSR count). The SMILES string of the molecule is CCC(CNC(=O)CCc1nnc(-c2ccsc2)o1)c1ccccc1. The molecule has 2 heterocycles. The third kappa shape index (κ3) is 4.76. The fourth-order valence-electron chi connectivity index (χ4n) is 2.63. The van der Waals surface area contributed by atoms with E-state index in [4.69, 9.17) is 4.42 Å². The molecule has 130 valence electrons. The van der Waals surface area contributed by atoms with E-state index in [2.05, 4.69) is 34.6 Å². The van der Waals surface area contributed by atoms with Gasteiger partial charge < -0.3 is 9.73 Å². The fourth-order valence-corrected chi connectivity index (χ4v) is 3.26. The van der Waals surface area contributed by atoms with Gasteiger partial charge in [-0.1, -0.05) is 37.3 Å². The summed E-state index contributed by atoms with van der Waals surface area (Å²) in [5.41, 5.74) is 2.17. The molecule has 0 radical (unpaired) electrons. The van der Waals surface area contributed by atoms with Gasteiger partial charge in [0.2, 0.25) is 17.7 Å². The number of aryl methyl sites for hydroxylation is 1. The van der Waals surface area contributed by atoms with Gasteiger partial charge in [-0.25, -0.2) is 0 Å². The number of thiophene rings is 1. The minimum absolute atomic E-state index is 0.00432. The molecular weight excluding hydrogens is 334 g/mol. The molecule has 0 fully saturated rings. The monoisotopic (exact) mass is 355 g/mol. The Labute approximate surface area is 151 Å². The first-order valence-corrected chi connectivity index (χ1v) is 9.37. The lowest BCUT2D eigenvalue weighted by atomic mass is 9.96. The van der Waals surface area contributed by atoms with E-state index in [1.807, 2.05) is 35.0 Å². The largest absolute Gasteiger partial charge is 0.421 e. The maximum atomic E-state index is 12.1. The number of carbonyl (C=O) groups is 1. The molecule has 1 atom stereocenters. The normalized spacial score (nSPS) is 12.0. The maximum absolute atomic E-state index is 12.1. The van der Waals surface area contributed by atoms with Crippen LogP contribution in [0.5, 0.6) is 0 Å². The number of rotatable bonds is 8. The Morgan fingerprint density at radius 3 is 2.80 bits per heavy atom. The molecule has 1 amide bonds. The van der Waals surface area contributed by atoms with E-state index in [-0.39, 0.29) is 5.91 Å².